The number of hydrogen-bond acceptors (Lipinski definition) is 7. The zero-order valence-electron chi connectivity index (χ0n) is 28.0. The minimum absolute atomic E-state index is 0.0251. The lowest BCUT2D eigenvalue weighted by atomic mass is 10.0. The summed E-state index contributed by atoms with van der Waals surface area (Å²) in [5.41, 5.74) is 1.79. The Morgan fingerprint density at radius 2 is 1.54 bits per heavy atom. The third-order valence-corrected chi connectivity index (χ3v) is 10.1. The molecule has 0 spiro atoms. The molecule has 0 saturated carbocycles. The molecule has 9 nitrogen and oxygen atoms in total. The van der Waals surface area contributed by atoms with Crippen LogP contribution < -0.4 is 19.1 Å². The molecule has 0 aromatic heterocycles. The molecule has 4 aromatic rings. The average Bonchev–Trinajstić information content (AvgIpc) is 3.09. The lowest BCUT2D eigenvalue weighted by molar-refractivity contribution is -0.140. The third-order valence-electron chi connectivity index (χ3n) is 7.55. The lowest BCUT2D eigenvalue weighted by Gasteiger charge is -2.34. The van der Waals surface area contributed by atoms with Crippen LogP contribution in [0.4, 0.5) is 5.69 Å². The Balaban J connectivity index is 1.85. The zero-order valence-corrected chi connectivity index (χ0v) is 29.6. The molecule has 4 rings (SSSR count). The Bertz CT molecular complexity index is 1770. The lowest BCUT2D eigenvalue weighted by Crippen LogP contribution is -2.54. The smallest absolute Gasteiger partial charge is 0.264 e. The van der Waals surface area contributed by atoms with Crippen molar-refractivity contribution in [1.82, 2.24) is 10.2 Å². The van der Waals surface area contributed by atoms with E-state index in [2.05, 4.69) is 5.32 Å². The second-order valence-electron chi connectivity index (χ2n) is 11.3. The van der Waals surface area contributed by atoms with Crippen LogP contribution in [0.25, 0.3) is 0 Å². The fourth-order valence-corrected chi connectivity index (χ4v) is 7.06. The topological polar surface area (TPSA) is 105 Å². The number of sulfonamides is 1. The molecule has 4 aromatic carbocycles. The van der Waals surface area contributed by atoms with Gasteiger partial charge in [-0.1, -0.05) is 54.6 Å². The maximum atomic E-state index is 14.7. The van der Waals surface area contributed by atoms with Crippen molar-refractivity contribution in [1.29, 1.82) is 0 Å². The Morgan fingerprint density at radius 3 is 2.19 bits per heavy atom. The van der Waals surface area contributed by atoms with E-state index in [1.165, 1.54) is 28.8 Å². The summed E-state index contributed by atoms with van der Waals surface area (Å²) >= 11 is 1.49. The van der Waals surface area contributed by atoms with Crippen molar-refractivity contribution < 1.29 is 27.5 Å². The highest BCUT2D eigenvalue weighted by atomic mass is 32.2. The molecule has 0 fully saturated rings. The first-order chi connectivity index (χ1) is 23.1. The van der Waals surface area contributed by atoms with Gasteiger partial charge >= 0.3 is 0 Å². The molecular weight excluding hydrogens is 647 g/mol. The SMILES string of the molecule is CCOc1ccccc1N(CC(=O)N(Cc1cccc(OC)c1)[C@@H](Cc1ccccc1)C(=O)NC(C)C)S(=O)(=O)c1ccc(SC)cc1. The number of ether oxygens (including phenoxy) is 2. The summed E-state index contributed by atoms with van der Waals surface area (Å²) in [5.74, 6) is -0.000313. The summed E-state index contributed by atoms with van der Waals surface area (Å²) in [7, 11) is -2.72. The highest BCUT2D eigenvalue weighted by Crippen LogP contribution is 2.33. The van der Waals surface area contributed by atoms with Crippen molar-refractivity contribution in [2.75, 3.05) is 30.8 Å². The van der Waals surface area contributed by atoms with E-state index in [1.807, 2.05) is 62.6 Å². The van der Waals surface area contributed by atoms with Crippen molar-refractivity contribution in [2.45, 2.75) is 55.6 Å². The van der Waals surface area contributed by atoms with Crippen LogP contribution in [0.1, 0.15) is 31.9 Å². The molecule has 0 heterocycles. The summed E-state index contributed by atoms with van der Waals surface area (Å²) in [6.45, 7) is 5.25. The Labute approximate surface area is 288 Å². The zero-order chi connectivity index (χ0) is 34.7. The van der Waals surface area contributed by atoms with Gasteiger partial charge in [-0.05, 0) is 86.7 Å². The molecule has 1 atom stereocenters. The summed E-state index contributed by atoms with van der Waals surface area (Å²) in [4.78, 5) is 31.0. The Morgan fingerprint density at radius 1 is 0.875 bits per heavy atom. The van der Waals surface area contributed by atoms with Crippen LogP contribution in [-0.4, -0.2) is 63.7 Å². The van der Waals surface area contributed by atoms with Crippen molar-refractivity contribution >= 4 is 39.3 Å². The fraction of sp³-hybridized carbons (Fsp3) is 0.297. The van der Waals surface area contributed by atoms with Crippen LogP contribution in [0, 0.1) is 0 Å². The van der Waals surface area contributed by atoms with E-state index in [-0.39, 0.29) is 42.1 Å². The van der Waals surface area contributed by atoms with Gasteiger partial charge < -0.3 is 19.7 Å². The van der Waals surface area contributed by atoms with E-state index < -0.39 is 28.5 Å². The number of nitrogens with one attached hydrogen (secondary N) is 1. The third kappa shape index (κ3) is 9.32. The predicted octanol–water partition coefficient (Wildman–Crippen LogP) is 6.18. The molecule has 11 heteroatoms. The van der Waals surface area contributed by atoms with E-state index in [1.54, 1.807) is 62.6 Å². The standard InChI is InChI=1S/C37H43N3O6S2/c1-6-46-35-18-11-10-17-33(35)40(48(43,44)32-21-19-31(47-5)20-22-32)26-36(41)39(25-29-15-12-16-30(23-29)45-4)34(37(42)38-27(2)3)24-28-13-8-7-9-14-28/h7-23,27,34H,6,24-26H2,1-5H3,(H,38,42)/t34-/m0/s1. The number of hydrogen-bond donors (Lipinski definition) is 1. The highest BCUT2D eigenvalue weighted by Gasteiger charge is 2.35. The van der Waals surface area contributed by atoms with Gasteiger partial charge in [-0.25, -0.2) is 8.42 Å². The van der Waals surface area contributed by atoms with Gasteiger partial charge in [0, 0.05) is 23.9 Å². The Kier molecular flexibility index (Phi) is 12.9. The number of thioether (sulfide) groups is 1. The molecule has 48 heavy (non-hydrogen) atoms. The number of carbonyl (C=O) groups excluding carboxylic acids is 2. The molecule has 0 aliphatic heterocycles. The van der Waals surface area contributed by atoms with Gasteiger partial charge in [0.05, 0.1) is 24.3 Å². The molecule has 0 radical (unpaired) electrons. The van der Waals surface area contributed by atoms with Gasteiger partial charge in [-0.3, -0.25) is 13.9 Å². The van der Waals surface area contributed by atoms with Crippen LogP contribution in [0.15, 0.2) is 113 Å². The van der Waals surface area contributed by atoms with E-state index in [9.17, 15) is 18.0 Å². The summed E-state index contributed by atoms with van der Waals surface area (Å²) in [5, 5.41) is 2.97. The van der Waals surface area contributed by atoms with E-state index in [0.29, 0.717) is 11.5 Å². The van der Waals surface area contributed by atoms with Crippen molar-refractivity contribution in [3.8, 4) is 11.5 Å². The monoisotopic (exact) mass is 689 g/mol. The molecule has 1 N–H and O–H groups in total. The first-order valence-corrected chi connectivity index (χ1v) is 18.4. The average molecular weight is 690 g/mol. The minimum Gasteiger partial charge on any atom is -0.497 e. The maximum absolute atomic E-state index is 14.7. The molecule has 0 aliphatic rings. The van der Waals surface area contributed by atoms with E-state index in [4.69, 9.17) is 9.47 Å². The van der Waals surface area contributed by atoms with Gasteiger partial charge in [0.1, 0.15) is 24.1 Å². The number of para-hydroxylation sites is 2. The van der Waals surface area contributed by atoms with Crippen LogP contribution >= 0.6 is 11.8 Å². The summed E-state index contributed by atoms with van der Waals surface area (Å²) < 4.78 is 41.2. The first-order valence-electron chi connectivity index (χ1n) is 15.7. The second-order valence-corrected chi connectivity index (χ2v) is 14.1. The second kappa shape index (κ2) is 17.1. The highest BCUT2D eigenvalue weighted by molar-refractivity contribution is 7.98. The number of benzene rings is 4. The van der Waals surface area contributed by atoms with Gasteiger partial charge in [0.25, 0.3) is 10.0 Å². The number of carbonyl (C=O) groups is 2. The van der Waals surface area contributed by atoms with Gasteiger partial charge in [-0.2, -0.15) is 0 Å². The molecule has 0 saturated heterocycles. The van der Waals surface area contributed by atoms with E-state index in [0.717, 1.165) is 20.3 Å². The van der Waals surface area contributed by atoms with Crippen LogP contribution in [-0.2, 0) is 32.6 Å². The van der Waals surface area contributed by atoms with E-state index >= 15 is 0 Å². The van der Waals surface area contributed by atoms with Crippen LogP contribution in [0.5, 0.6) is 11.5 Å². The molecule has 0 aliphatic carbocycles. The van der Waals surface area contributed by atoms with Gasteiger partial charge in [0.2, 0.25) is 11.8 Å². The normalized spacial score (nSPS) is 11.9. The quantitative estimate of drug-likeness (QED) is 0.140. The summed E-state index contributed by atoms with van der Waals surface area (Å²) in [6, 6.07) is 28.8. The van der Waals surface area contributed by atoms with Crippen LogP contribution in [0.2, 0.25) is 0 Å². The number of rotatable bonds is 16. The fourth-order valence-electron chi connectivity index (χ4n) is 5.23. The van der Waals surface area contributed by atoms with Crippen molar-refractivity contribution in [3.05, 3.63) is 114 Å². The van der Waals surface area contributed by atoms with Gasteiger partial charge in [0.15, 0.2) is 0 Å². The largest absolute Gasteiger partial charge is 0.497 e. The molecule has 254 valence electrons. The number of amides is 2. The number of methoxy groups -OCH3 is 1. The van der Waals surface area contributed by atoms with Gasteiger partial charge in [-0.15, -0.1) is 11.8 Å². The molecular formula is C37H43N3O6S2. The number of anilines is 1. The Hall–Kier alpha value is -4.48. The van der Waals surface area contributed by atoms with Crippen molar-refractivity contribution in [2.24, 2.45) is 0 Å². The minimum atomic E-state index is -4.28. The molecule has 0 unspecified atom stereocenters. The predicted molar refractivity (Wildman–Crippen MR) is 191 cm³/mol. The number of nitrogens with zero attached hydrogens (tertiary/aromatic N) is 2. The summed E-state index contributed by atoms with van der Waals surface area (Å²) in [6.07, 6.45) is 2.12. The van der Waals surface area contributed by atoms with Crippen LogP contribution in [0.3, 0.4) is 0 Å². The maximum Gasteiger partial charge on any atom is 0.264 e. The first kappa shape index (κ1) is 36.4. The molecule has 2 amide bonds. The van der Waals surface area contributed by atoms with Crippen molar-refractivity contribution in [3.63, 3.8) is 0 Å². The molecule has 0 bridgehead atoms.